The fourth-order valence-corrected chi connectivity index (χ4v) is 2.38. The second-order valence-electron chi connectivity index (χ2n) is 5.39. The summed E-state index contributed by atoms with van der Waals surface area (Å²) in [6, 6.07) is 15.4. The van der Waals surface area contributed by atoms with E-state index in [0.29, 0.717) is 5.82 Å². The van der Waals surface area contributed by atoms with Gasteiger partial charge < -0.3 is 5.32 Å². The first kappa shape index (κ1) is 14.9. The van der Waals surface area contributed by atoms with Crippen molar-refractivity contribution in [1.82, 2.24) is 20.2 Å². The van der Waals surface area contributed by atoms with Crippen molar-refractivity contribution in [2.24, 2.45) is 0 Å². The van der Waals surface area contributed by atoms with Gasteiger partial charge in [-0.2, -0.15) is 0 Å². The molecule has 2 aromatic carbocycles. The molecule has 0 fully saturated rings. The number of tetrazole rings is 1. The molecule has 6 nitrogen and oxygen atoms in total. The summed E-state index contributed by atoms with van der Waals surface area (Å²) in [5, 5.41) is 14.5. The predicted molar refractivity (Wildman–Crippen MR) is 87.8 cm³/mol. The van der Waals surface area contributed by atoms with E-state index in [2.05, 4.69) is 20.8 Å². The predicted octanol–water partition coefficient (Wildman–Crippen LogP) is 2.60. The summed E-state index contributed by atoms with van der Waals surface area (Å²) in [4.78, 5) is 12.3. The Kier molecular flexibility index (Phi) is 4.14. The Bertz CT molecular complexity index is 826. The van der Waals surface area contributed by atoms with Gasteiger partial charge in [-0.15, -0.1) is 5.10 Å². The molecule has 0 spiro atoms. The molecule has 0 aliphatic heterocycles. The minimum atomic E-state index is -0.165. The smallest absolute Gasteiger partial charge is 0.246 e. The first-order chi connectivity index (χ1) is 11.1. The number of hydrogen-bond donors (Lipinski definition) is 1. The summed E-state index contributed by atoms with van der Waals surface area (Å²) >= 11 is 0. The number of benzene rings is 2. The third kappa shape index (κ3) is 3.42. The third-order valence-electron chi connectivity index (χ3n) is 3.51. The quantitative estimate of drug-likeness (QED) is 0.804. The van der Waals surface area contributed by atoms with Crippen LogP contribution in [0.3, 0.4) is 0 Å². The lowest BCUT2D eigenvalue weighted by Gasteiger charge is -2.09. The summed E-state index contributed by atoms with van der Waals surface area (Å²) < 4.78 is 1.49. The van der Waals surface area contributed by atoms with E-state index in [4.69, 9.17) is 0 Å². The largest absolute Gasteiger partial charge is 0.324 e. The van der Waals surface area contributed by atoms with Gasteiger partial charge in [-0.3, -0.25) is 4.79 Å². The molecule has 0 saturated carbocycles. The first-order valence-electron chi connectivity index (χ1n) is 7.32. The maximum atomic E-state index is 12.3. The number of anilines is 1. The molecule has 1 aromatic heterocycles. The topological polar surface area (TPSA) is 72.7 Å². The number of carbonyl (C=O) groups is 1. The summed E-state index contributed by atoms with van der Waals surface area (Å²) in [7, 11) is 0. The maximum absolute atomic E-state index is 12.3. The van der Waals surface area contributed by atoms with Crippen molar-refractivity contribution in [1.29, 1.82) is 0 Å². The second kappa shape index (κ2) is 6.39. The third-order valence-corrected chi connectivity index (χ3v) is 3.51. The van der Waals surface area contributed by atoms with Gasteiger partial charge in [-0.1, -0.05) is 48.0 Å². The molecule has 6 heteroatoms. The molecule has 23 heavy (non-hydrogen) atoms. The highest BCUT2D eigenvalue weighted by atomic mass is 16.2. The van der Waals surface area contributed by atoms with E-state index in [1.165, 1.54) is 4.68 Å². The van der Waals surface area contributed by atoms with Gasteiger partial charge in [0.1, 0.15) is 6.54 Å². The molecule has 3 aromatic rings. The molecule has 0 unspecified atom stereocenters. The highest BCUT2D eigenvalue weighted by Crippen LogP contribution is 2.17. The van der Waals surface area contributed by atoms with Crippen molar-refractivity contribution in [2.45, 2.75) is 20.4 Å². The van der Waals surface area contributed by atoms with Crippen molar-refractivity contribution < 1.29 is 4.79 Å². The van der Waals surface area contributed by atoms with Crippen LogP contribution in [0.2, 0.25) is 0 Å². The monoisotopic (exact) mass is 307 g/mol. The summed E-state index contributed by atoms with van der Waals surface area (Å²) in [5.41, 5.74) is 3.86. The van der Waals surface area contributed by atoms with Crippen LogP contribution in [0.5, 0.6) is 0 Å². The van der Waals surface area contributed by atoms with Crippen molar-refractivity contribution in [2.75, 3.05) is 5.32 Å². The highest BCUT2D eigenvalue weighted by molar-refractivity contribution is 5.91. The molecule has 1 N–H and O–H groups in total. The van der Waals surface area contributed by atoms with E-state index < -0.39 is 0 Å². The van der Waals surface area contributed by atoms with Crippen molar-refractivity contribution in [3.05, 3.63) is 59.7 Å². The minimum Gasteiger partial charge on any atom is -0.324 e. The van der Waals surface area contributed by atoms with Crippen LogP contribution in [0.4, 0.5) is 5.69 Å². The van der Waals surface area contributed by atoms with E-state index in [9.17, 15) is 4.79 Å². The van der Waals surface area contributed by atoms with Gasteiger partial charge in [0, 0.05) is 11.3 Å². The van der Waals surface area contributed by atoms with Crippen molar-refractivity contribution in [3.8, 4) is 11.4 Å². The van der Waals surface area contributed by atoms with Crippen LogP contribution >= 0.6 is 0 Å². The van der Waals surface area contributed by atoms with Gasteiger partial charge in [0.15, 0.2) is 5.82 Å². The van der Waals surface area contributed by atoms with E-state index in [0.717, 1.165) is 22.4 Å². The number of nitrogens with zero attached hydrogens (tertiary/aromatic N) is 4. The fraction of sp³-hybridized carbons (Fsp3) is 0.176. The SMILES string of the molecule is Cc1ccc(NC(=O)Cn2nnnc2-c2ccccc2)c(C)c1. The zero-order valence-corrected chi connectivity index (χ0v) is 13.0. The summed E-state index contributed by atoms with van der Waals surface area (Å²) in [6.45, 7) is 4.05. The summed E-state index contributed by atoms with van der Waals surface area (Å²) in [6.07, 6.45) is 0. The van der Waals surface area contributed by atoms with Crippen LogP contribution in [-0.2, 0) is 11.3 Å². The van der Waals surface area contributed by atoms with E-state index in [1.807, 2.05) is 62.4 Å². The lowest BCUT2D eigenvalue weighted by Crippen LogP contribution is -2.20. The summed E-state index contributed by atoms with van der Waals surface area (Å²) in [5.74, 6) is 0.405. The van der Waals surface area contributed by atoms with Gasteiger partial charge in [0.05, 0.1) is 0 Å². The van der Waals surface area contributed by atoms with Gasteiger partial charge in [-0.05, 0) is 35.9 Å². The Hall–Kier alpha value is -3.02. The Morgan fingerprint density at radius 3 is 2.65 bits per heavy atom. The molecule has 116 valence electrons. The molecule has 0 saturated heterocycles. The minimum absolute atomic E-state index is 0.0601. The average Bonchev–Trinajstić information content (AvgIpc) is 2.99. The van der Waals surface area contributed by atoms with E-state index in [-0.39, 0.29) is 12.5 Å². The molecule has 0 aliphatic carbocycles. The molecule has 3 rings (SSSR count). The number of carbonyl (C=O) groups excluding carboxylic acids is 1. The standard InChI is InChI=1S/C17H17N5O/c1-12-8-9-15(13(2)10-12)18-16(23)11-22-17(19-20-21-22)14-6-4-3-5-7-14/h3-10H,11H2,1-2H3,(H,18,23). The number of amides is 1. The Labute approximate surface area is 134 Å². The number of aromatic nitrogens is 4. The molecular formula is C17H17N5O. The Morgan fingerprint density at radius 1 is 1.13 bits per heavy atom. The Balaban J connectivity index is 1.75. The maximum Gasteiger partial charge on any atom is 0.246 e. The fourth-order valence-electron chi connectivity index (χ4n) is 2.38. The van der Waals surface area contributed by atoms with Crippen LogP contribution < -0.4 is 5.32 Å². The average molecular weight is 307 g/mol. The molecule has 0 atom stereocenters. The molecular weight excluding hydrogens is 290 g/mol. The van der Waals surface area contributed by atoms with Crippen LogP contribution in [0, 0.1) is 13.8 Å². The molecule has 0 aliphatic rings. The highest BCUT2D eigenvalue weighted by Gasteiger charge is 2.12. The van der Waals surface area contributed by atoms with Gasteiger partial charge >= 0.3 is 0 Å². The molecule has 0 bridgehead atoms. The van der Waals surface area contributed by atoms with Gasteiger partial charge in [0.2, 0.25) is 5.91 Å². The lowest BCUT2D eigenvalue weighted by molar-refractivity contribution is -0.116. The van der Waals surface area contributed by atoms with Crippen LogP contribution in [0.1, 0.15) is 11.1 Å². The first-order valence-corrected chi connectivity index (χ1v) is 7.32. The molecule has 0 radical (unpaired) electrons. The normalized spacial score (nSPS) is 10.5. The van der Waals surface area contributed by atoms with Crippen molar-refractivity contribution in [3.63, 3.8) is 0 Å². The van der Waals surface area contributed by atoms with E-state index >= 15 is 0 Å². The Morgan fingerprint density at radius 2 is 1.91 bits per heavy atom. The van der Waals surface area contributed by atoms with Gasteiger partial charge in [0.25, 0.3) is 0 Å². The lowest BCUT2D eigenvalue weighted by atomic mass is 10.1. The number of aryl methyl sites for hydroxylation is 2. The second-order valence-corrected chi connectivity index (χ2v) is 5.39. The van der Waals surface area contributed by atoms with Crippen LogP contribution in [0.15, 0.2) is 48.5 Å². The van der Waals surface area contributed by atoms with Crippen molar-refractivity contribution >= 4 is 11.6 Å². The number of nitrogens with one attached hydrogen (secondary N) is 1. The zero-order chi connectivity index (χ0) is 16.2. The number of rotatable bonds is 4. The zero-order valence-electron chi connectivity index (χ0n) is 13.0. The van der Waals surface area contributed by atoms with Crippen LogP contribution in [0.25, 0.3) is 11.4 Å². The number of hydrogen-bond acceptors (Lipinski definition) is 4. The van der Waals surface area contributed by atoms with E-state index in [1.54, 1.807) is 0 Å². The molecule has 1 heterocycles. The molecule has 1 amide bonds. The van der Waals surface area contributed by atoms with Gasteiger partial charge in [-0.25, -0.2) is 4.68 Å². The van der Waals surface area contributed by atoms with Crippen LogP contribution in [-0.4, -0.2) is 26.1 Å².